The molecule has 1 unspecified atom stereocenters. The first-order chi connectivity index (χ1) is 20.6. The second-order valence-electron chi connectivity index (χ2n) is 10.2. The molecule has 1 saturated carbocycles. The summed E-state index contributed by atoms with van der Waals surface area (Å²) in [4.78, 5) is 24.3. The zero-order valence-electron chi connectivity index (χ0n) is 21.8. The molecule has 6 heterocycles. The maximum atomic E-state index is 16.0. The molecule has 4 aromatic rings. The first kappa shape index (κ1) is 28.9. The van der Waals surface area contributed by atoms with Gasteiger partial charge >= 0.3 is 15.1 Å². The Morgan fingerprint density at radius 1 is 0.930 bits per heavy atom. The molecular formula is C21H24F2N10O7P2S. The van der Waals surface area contributed by atoms with Crippen LogP contribution in [0.4, 0.5) is 20.4 Å². The summed E-state index contributed by atoms with van der Waals surface area (Å²) in [5.74, 6) is -0.593. The molecule has 2 saturated heterocycles. The van der Waals surface area contributed by atoms with Crippen LogP contribution < -0.4 is 11.5 Å². The van der Waals surface area contributed by atoms with Crippen LogP contribution in [0.5, 0.6) is 0 Å². The fourth-order valence-electron chi connectivity index (χ4n) is 5.66. The molecular weight excluding hydrogens is 636 g/mol. The predicted molar refractivity (Wildman–Crippen MR) is 148 cm³/mol. The Morgan fingerprint density at radius 3 is 2.28 bits per heavy atom. The van der Waals surface area contributed by atoms with Gasteiger partial charge in [-0.1, -0.05) is 12.2 Å². The van der Waals surface area contributed by atoms with Crippen LogP contribution in [0, 0.1) is 5.92 Å². The van der Waals surface area contributed by atoms with E-state index in [0.29, 0.717) is 0 Å². The number of imidazole rings is 2. The lowest BCUT2D eigenvalue weighted by atomic mass is 10.1. The van der Waals surface area contributed by atoms with Crippen molar-refractivity contribution < 1.29 is 40.7 Å². The minimum atomic E-state index is -4.27. The van der Waals surface area contributed by atoms with E-state index in [1.807, 2.05) is 0 Å². The summed E-state index contributed by atoms with van der Waals surface area (Å²) >= 11 is 4.05. The SMILES string of the molecule is Nc1ncnc2c1ncn2[C@@H]1C[C@@H]2CO[PH](=O)O[C@H]3[C@@H](F)[C@H](n4cnc5c(N)ncnc54)O[C@@H]3CO[P@@](=O)(S)O[C@H]2[C@H]1F. The lowest BCUT2D eigenvalue weighted by Crippen LogP contribution is -2.34. The molecule has 0 amide bonds. The number of fused-ring (bicyclic) bond motifs is 4. The number of nitrogens with two attached hydrogens (primary N) is 2. The standard InChI is InChI=1S/C21H24F2N10O7P2S/c22-11-9(32-6-30-13-17(24)26-4-28-19(13)32)1-8-2-36-41(34)39-16-10(3-37-42(35,43)40-15(8)11)38-21(12(16)23)33-7-31-14-18(25)27-5-29-20(14)33/h4-12,15-16,21,41H,1-3H2,(H,35,43)(H2,24,26,28)(H2,25,27,29)/t8-,9-,10-,11+,12-,15-,16-,21-,42-/m1/s1. The number of nitrogens with zero attached hydrogens (tertiary/aromatic N) is 8. The van der Waals surface area contributed by atoms with Crippen LogP contribution in [0.25, 0.3) is 22.3 Å². The first-order valence-corrected chi connectivity index (χ1v) is 16.8. The molecule has 0 aromatic carbocycles. The maximum Gasteiger partial charge on any atom is 0.386 e. The Kier molecular flexibility index (Phi) is 7.37. The van der Waals surface area contributed by atoms with E-state index in [0.717, 1.165) is 0 Å². The lowest BCUT2D eigenvalue weighted by molar-refractivity contribution is -0.0448. The molecule has 4 N–H and O–H groups in total. The summed E-state index contributed by atoms with van der Waals surface area (Å²) in [7, 11) is -3.36. The van der Waals surface area contributed by atoms with Crippen LogP contribution in [0.1, 0.15) is 18.7 Å². The largest absolute Gasteiger partial charge is 0.386 e. The van der Waals surface area contributed by atoms with Gasteiger partial charge in [-0.15, -0.1) is 0 Å². The van der Waals surface area contributed by atoms with Gasteiger partial charge in [-0.3, -0.25) is 18.2 Å². The zero-order valence-corrected chi connectivity index (χ0v) is 24.6. The van der Waals surface area contributed by atoms with Crippen molar-refractivity contribution in [2.45, 2.75) is 49.3 Å². The van der Waals surface area contributed by atoms with E-state index < -0.39 is 70.5 Å². The van der Waals surface area contributed by atoms with E-state index in [1.165, 1.54) is 34.4 Å². The number of anilines is 2. The quantitative estimate of drug-likeness (QED) is 0.207. The molecule has 17 nitrogen and oxygen atoms in total. The number of ether oxygens (including phenoxy) is 1. The van der Waals surface area contributed by atoms with Gasteiger partial charge in [0, 0.05) is 5.92 Å². The number of alkyl halides is 2. The van der Waals surface area contributed by atoms with Crippen LogP contribution in [0.2, 0.25) is 0 Å². The van der Waals surface area contributed by atoms with Crippen molar-refractivity contribution in [3.8, 4) is 0 Å². The molecule has 22 heteroatoms. The van der Waals surface area contributed by atoms with E-state index >= 15 is 8.78 Å². The average molecular weight is 660 g/mol. The zero-order chi connectivity index (χ0) is 30.0. The second kappa shape index (κ2) is 11.0. The van der Waals surface area contributed by atoms with Gasteiger partial charge in [0.1, 0.15) is 48.2 Å². The fourth-order valence-corrected chi connectivity index (χ4v) is 8.10. The Labute approximate surface area is 246 Å². The highest BCUT2D eigenvalue weighted by molar-refractivity contribution is 8.44. The van der Waals surface area contributed by atoms with Gasteiger partial charge in [-0.05, 0) is 6.42 Å². The van der Waals surface area contributed by atoms with Crippen molar-refractivity contribution >= 4 is 61.3 Å². The lowest BCUT2D eigenvalue weighted by Gasteiger charge is -2.27. The molecule has 10 atom stereocenters. The highest BCUT2D eigenvalue weighted by atomic mass is 32.7. The monoisotopic (exact) mass is 660 g/mol. The van der Waals surface area contributed by atoms with Gasteiger partial charge < -0.3 is 29.8 Å². The normalized spacial score (nSPS) is 37.1. The fraction of sp³-hybridized carbons (Fsp3) is 0.524. The second-order valence-corrected chi connectivity index (χ2v) is 14.1. The number of thiol groups is 1. The van der Waals surface area contributed by atoms with Crippen molar-refractivity contribution in [1.29, 1.82) is 0 Å². The molecule has 0 spiro atoms. The van der Waals surface area contributed by atoms with Gasteiger partial charge in [-0.25, -0.2) is 43.2 Å². The minimum absolute atomic E-state index is 0.0752. The number of hydrogen-bond acceptors (Lipinski definition) is 15. The topological polar surface area (TPSA) is 220 Å². The molecule has 2 aliphatic heterocycles. The molecule has 7 rings (SSSR count). The summed E-state index contributed by atoms with van der Waals surface area (Å²) in [6.07, 6.45) is -4.05. The third-order valence-corrected chi connectivity index (χ3v) is 10.1. The summed E-state index contributed by atoms with van der Waals surface area (Å²) in [5.41, 5.74) is 12.7. The van der Waals surface area contributed by atoms with Gasteiger partial charge in [0.2, 0.25) is 0 Å². The Morgan fingerprint density at radius 2 is 1.58 bits per heavy atom. The molecule has 0 radical (unpaired) electrons. The van der Waals surface area contributed by atoms with Crippen LogP contribution in [0.3, 0.4) is 0 Å². The van der Waals surface area contributed by atoms with Crippen molar-refractivity contribution in [3.63, 3.8) is 0 Å². The van der Waals surface area contributed by atoms with Gasteiger partial charge in [0.25, 0.3) is 0 Å². The molecule has 3 fully saturated rings. The highest BCUT2D eigenvalue weighted by Crippen LogP contribution is 2.58. The number of aromatic nitrogens is 8. The van der Waals surface area contributed by atoms with E-state index in [4.69, 9.17) is 34.3 Å². The first-order valence-electron chi connectivity index (χ1n) is 12.9. The van der Waals surface area contributed by atoms with Crippen LogP contribution >= 0.6 is 27.3 Å². The van der Waals surface area contributed by atoms with E-state index in [1.54, 1.807) is 0 Å². The molecule has 1 aliphatic carbocycles. The number of rotatable bonds is 2. The maximum absolute atomic E-state index is 16.0. The van der Waals surface area contributed by atoms with Crippen molar-refractivity contribution in [1.82, 2.24) is 39.0 Å². The summed E-state index contributed by atoms with van der Waals surface area (Å²) in [6, 6.07) is -0.902. The van der Waals surface area contributed by atoms with Gasteiger partial charge in [0.15, 0.2) is 35.3 Å². The van der Waals surface area contributed by atoms with Gasteiger partial charge in [0.05, 0.1) is 31.9 Å². The van der Waals surface area contributed by atoms with E-state index in [9.17, 15) is 9.13 Å². The van der Waals surface area contributed by atoms with Crippen molar-refractivity contribution in [2.75, 3.05) is 24.7 Å². The third-order valence-electron chi connectivity index (χ3n) is 7.67. The van der Waals surface area contributed by atoms with Crippen LogP contribution in [-0.2, 0) is 32.0 Å². The van der Waals surface area contributed by atoms with Crippen LogP contribution in [-0.4, -0.2) is 82.9 Å². The van der Waals surface area contributed by atoms with Crippen molar-refractivity contribution in [3.05, 3.63) is 25.3 Å². The average Bonchev–Trinajstić information content (AvgIpc) is 3.73. The Bertz CT molecular complexity index is 1770. The van der Waals surface area contributed by atoms with E-state index in [2.05, 4.69) is 42.2 Å². The summed E-state index contributed by atoms with van der Waals surface area (Å²) in [6.45, 7) is -5.17. The summed E-state index contributed by atoms with van der Waals surface area (Å²) in [5, 5.41) is 0. The predicted octanol–water partition coefficient (Wildman–Crippen LogP) is 2.21. The van der Waals surface area contributed by atoms with Gasteiger partial charge in [-0.2, -0.15) is 0 Å². The third kappa shape index (κ3) is 5.08. The molecule has 43 heavy (non-hydrogen) atoms. The highest BCUT2D eigenvalue weighted by Gasteiger charge is 2.52. The van der Waals surface area contributed by atoms with Crippen LogP contribution in [0.15, 0.2) is 25.3 Å². The molecule has 230 valence electrons. The minimum Gasteiger partial charge on any atom is -0.382 e. The smallest absolute Gasteiger partial charge is 0.382 e. The number of nitrogen functional groups attached to an aromatic ring is 2. The molecule has 0 bridgehead atoms. The van der Waals surface area contributed by atoms with E-state index in [-0.39, 0.29) is 47.0 Å². The summed E-state index contributed by atoms with van der Waals surface area (Å²) < 4.78 is 88.7. The Hall–Kier alpha value is -2.83. The molecule has 3 aliphatic rings. The number of halogens is 2. The van der Waals surface area contributed by atoms with Crippen molar-refractivity contribution in [2.24, 2.45) is 5.92 Å². The number of hydrogen-bond donors (Lipinski definition) is 3. The molecule has 4 aromatic heterocycles. The Balaban J connectivity index is 1.14.